The molecule has 35 heavy (non-hydrogen) atoms. The van der Waals surface area contributed by atoms with Crippen molar-refractivity contribution in [3.8, 4) is 0 Å². The van der Waals surface area contributed by atoms with E-state index in [2.05, 4.69) is 51.3 Å². The van der Waals surface area contributed by atoms with Crippen molar-refractivity contribution < 1.29 is 8.42 Å². The molecule has 0 bridgehead atoms. The molecule has 5 nitrogen and oxygen atoms in total. The van der Waals surface area contributed by atoms with Gasteiger partial charge in [-0.25, -0.2) is 13.1 Å². The van der Waals surface area contributed by atoms with Gasteiger partial charge in [-0.1, -0.05) is 78.4 Å². The number of aryl methyl sites for hydroxylation is 3. The first-order chi connectivity index (χ1) is 16.8. The molecule has 1 heterocycles. The van der Waals surface area contributed by atoms with Crippen molar-refractivity contribution in [2.24, 2.45) is 0 Å². The third kappa shape index (κ3) is 6.79. The molecule has 0 saturated carbocycles. The van der Waals surface area contributed by atoms with Crippen LogP contribution in [0.25, 0.3) is 0 Å². The van der Waals surface area contributed by atoms with Crippen molar-refractivity contribution >= 4 is 10.0 Å². The summed E-state index contributed by atoms with van der Waals surface area (Å²) in [5.74, 6) is 0. The van der Waals surface area contributed by atoms with Gasteiger partial charge in [0.15, 0.2) is 0 Å². The Labute approximate surface area is 210 Å². The lowest BCUT2D eigenvalue weighted by Gasteiger charge is -2.38. The molecule has 186 valence electrons. The maximum Gasteiger partial charge on any atom is 0.241 e. The summed E-state index contributed by atoms with van der Waals surface area (Å²) in [6.45, 7) is 9.13. The maximum absolute atomic E-state index is 13.7. The van der Waals surface area contributed by atoms with E-state index in [1.807, 2.05) is 57.2 Å². The summed E-state index contributed by atoms with van der Waals surface area (Å²) in [5, 5.41) is 3.52. The molecule has 4 rings (SSSR count). The van der Waals surface area contributed by atoms with Gasteiger partial charge in [-0.3, -0.25) is 4.90 Å². The number of benzene rings is 3. The predicted molar refractivity (Wildman–Crippen MR) is 143 cm³/mol. The summed E-state index contributed by atoms with van der Waals surface area (Å²) in [6, 6.07) is 24.7. The third-order valence-corrected chi connectivity index (χ3v) is 8.59. The van der Waals surface area contributed by atoms with Crippen LogP contribution in [0.4, 0.5) is 0 Å². The Bertz CT molecular complexity index is 1190. The van der Waals surface area contributed by atoms with Gasteiger partial charge in [0.25, 0.3) is 0 Å². The third-order valence-electron chi connectivity index (χ3n) is 6.76. The average Bonchev–Trinajstić information content (AvgIpc) is 2.80. The molecule has 6 heteroatoms. The Morgan fingerprint density at radius 2 is 1.54 bits per heavy atom. The minimum atomic E-state index is -3.68. The molecule has 0 aliphatic carbocycles. The number of rotatable bonds is 9. The zero-order valence-electron chi connectivity index (χ0n) is 21.0. The topological polar surface area (TPSA) is 61.4 Å². The van der Waals surface area contributed by atoms with Crippen LogP contribution >= 0.6 is 0 Å². The number of piperazine rings is 1. The Balaban J connectivity index is 1.59. The largest absolute Gasteiger partial charge is 0.314 e. The molecule has 1 saturated heterocycles. The number of hydrogen-bond donors (Lipinski definition) is 2. The normalized spacial score (nSPS) is 17.9. The first-order valence-electron chi connectivity index (χ1n) is 12.4. The van der Waals surface area contributed by atoms with E-state index in [1.165, 1.54) is 5.56 Å². The van der Waals surface area contributed by atoms with Crippen LogP contribution < -0.4 is 10.0 Å². The van der Waals surface area contributed by atoms with Gasteiger partial charge in [0.05, 0.1) is 4.90 Å². The monoisotopic (exact) mass is 491 g/mol. The first-order valence-corrected chi connectivity index (χ1v) is 13.9. The van der Waals surface area contributed by atoms with Crippen LogP contribution in [0.15, 0.2) is 77.7 Å². The van der Waals surface area contributed by atoms with Crippen molar-refractivity contribution in [1.29, 1.82) is 0 Å². The summed E-state index contributed by atoms with van der Waals surface area (Å²) >= 11 is 0. The molecule has 2 N–H and O–H groups in total. The van der Waals surface area contributed by atoms with E-state index in [0.717, 1.165) is 48.3 Å². The highest BCUT2D eigenvalue weighted by Crippen LogP contribution is 2.23. The molecule has 1 aliphatic heterocycles. The number of nitrogens with one attached hydrogen (secondary N) is 2. The molecule has 0 unspecified atom stereocenters. The fourth-order valence-electron chi connectivity index (χ4n) is 5.32. The lowest BCUT2D eigenvalue weighted by Crippen LogP contribution is -2.56. The van der Waals surface area contributed by atoms with Crippen molar-refractivity contribution in [2.45, 2.75) is 50.6 Å². The standard InChI is InChI=1S/C29H37N3O2S/c1-22-16-23(2)29(24(3)17-22)35(33,34)31-27(18-25-10-6-4-7-11-25)21-32-15-14-30-20-28(32)19-26-12-8-5-9-13-26/h4-13,16-17,27-28,30-31H,14-15,18-21H2,1-3H3/t27-,28-/m0/s1. The zero-order chi connectivity index (χ0) is 24.8. The Kier molecular flexibility index (Phi) is 8.39. The Morgan fingerprint density at radius 1 is 0.943 bits per heavy atom. The van der Waals surface area contributed by atoms with E-state index >= 15 is 0 Å². The second-order valence-corrected chi connectivity index (χ2v) is 11.4. The van der Waals surface area contributed by atoms with E-state index in [9.17, 15) is 8.42 Å². The molecule has 3 aromatic rings. The number of nitrogens with zero attached hydrogens (tertiary/aromatic N) is 1. The molecule has 0 aromatic heterocycles. The van der Waals surface area contributed by atoms with Gasteiger partial charge in [0.1, 0.15) is 0 Å². The fraction of sp³-hybridized carbons (Fsp3) is 0.379. The van der Waals surface area contributed by atoms with Gasteiger partial charge in [-0.15, -0.1) is 0 Å². The minimum absolute atomic E-state index is 0.237. The Morgan fingerprint density at radius 3 is 2.17 bits per heavy atom. The number of sulfonamides is 1. The van der Waals surface area contributed by atoms with Crippen LogP contribution in [0.3, 0.4) is 0 Å². The van der Waals surface area contributed by atoms with Crippen LogP contribution in [0.1, 0.15) is 27.8 Å². The van der Waals surface area contributed by atoms with Crippen molar-refractivity contribution in [1.82, 2.24) is 14.9 Å². The Hall–Kier alpha value is -2.51. The lowest BCUT2D eigenvalue weighted by molar-refractivity contribution is 0.148. The van der Waals surface area contributed by atoms with E-state index in [4.69, 9.17) is 0 Å². The van der Waals surface area contributed by atoms with Crippen molar-refractivity contribution in [3.63, 3.8) is 0 Å². The predicted octanol–water partition coefficient (Wildman–Crippen LogP) is 4.02. The average molecular weight is 492 g/mol. The summed E-state index contributed by atoms with van der Waals surface area (Å²) in [7, 11) is -3.68. The number of hydrogen-bond acceptors (Lipinski definition) is 4. The highest BCUT2D eigenvalue weighted by molar-refractivity contribution is 7.89. The van der Waals surface area contributed by atoms with Crippen molar-refractivity contribution in [2.75, 3.05) is 26.2 Å². The molecule has 0 amide bonds. The van der Waals surface area contributed by atoms with Crippen LogP contribution in [0.2, 0.25) is 0 Å². The van der Waals surface area contributed by atoms with Gasteiger partial charge in [-0.05, 0) is 55.9 Å². The maximum atomic E-state index is 13.7. The molecule has 1 fully saturated rings. The van der Waals surface area contributed by atoms with Crippen molar-refractivity contribution in [3.05, 3.63) is 101 Å². The summed E-state index contributed by atoms with van der Waals surface area (Å²) < 4.78 is 30.4. The summed E-state index contributed by atoms with van der Waals surface area (Å²) in [6.07, 6.45) is 1.58. The summed E-state index contributed by atoms with van der Waals surface area (Å²) in [4.78, 5) is 2.86. The van der Waals surface area contributed by atoms with Gasteiger partial charge < -0.3 is 5.32 Å². The van der Waals surface area contributed by atoms with Gasteiger partial charge in [0.2, 0.25) is 10.0 Å². The molecule has 3 aromatic carbocycles. The molecular weight excluding hydrogens is 454 g/mol. The molecular formula is C29H37N3O2S. The van der Waals surface area contributed by atoms with Gasteiger partial charge in [-0.2, -0.15) is 0 Å². The fourth-order valence-corrected chi connectivity index (χ4v) is 7.01. The minimum Gasteiger partial charge on any atom is -0.314 e. The lowest BCUT2D eigenvalue weighted by atomic mass is 10.0. The van der Waals surface area contributed by atoms with Crippen LogP contribution in [0, 0.1) is 20.8 Å². The molecule has 1 aliphatic rings. The van der Waals surface area contributed by atoms with E-state index < -0.39 is 10.0 Å². The van der Waals surface area contributed by atoms with Crippen LogP contribution in [-0.4, -0.2) is 51.6 Å². The molecule has 0 spiro atoms. The summed E-state index contributed by atoms with van der Waals surface area (Å²) in [5.41, 5.74) is 5.09. The van der Waals surface area contributed by atoms with E-state index in [-0.39, 0.29) is 6.04 Å². The second-order valence-electron chi connectivity index (χ2n) is 9.78. The quantitative estimate of drug-likeness (QED) is 0.475. The highest BCUT2D eigenvalue weighted by Gasteiger charge is 2.29. The van der Waals surface area contributed by atoms with Crippen LogP contribution in [0.5, 0.6) is 0 Å². The van der Waals surface area contributed by atoms with Gasteiger partial charge >= 0.3 is 0 Å². The highest BCUT2D eigenvalue weighted by atomic mass is 32.2. The first kappa shape index (κ1) is 25.6. The SMILES string of the molecule is Cc1cc(C)c(S(=O)(=O)N[C@@H](Cc2ccccc2)CN2CCNC[C@@H]2Cc2ccccc2)c(C)c1. The second kappa shape index (κ2) is 11.5. The van der Waals surface area contributed by atoms with E-state index in [1.54, 1.807) is 0 Å². The molecule has 2 atom stereocenters. The van der Waals surface area contributed by atoms with E-state index in [0.29, 0.717) is 23.9 Å². The zero-order valence-corrected chi connectivity index (χ0v) is 21.8. The van der Waals surface area contributed by atoms with Crippen LogP contribution in [-0.2, 0) is 22.9 Å². The molecule has 0 radical (unpaired) electrons. The smallest absolute Gasteiger partial charge is 0.241 e. The van der Waals surface area contributed by atoms with Gasteiger partial charge in [0, 0.05) is 38.3 Å².